The topological polar surface area (TPSA) is 135 Å². The number of aromatic amines is 2. The zero-order chi connectivity index (χ0) is 24.1. The number of H-pyrrole nitrogens is 2. The van der Waals surface area contributed by atoms with Crippen molar-refractivity contribution < 1.29 is 13.9 Å². The molecule has 0 saturated heterocycles. The molecule has 4 rings (SSSR count). The molecule has 0 aliphatic rings. The van der Waals surface area contributed by atoms with Gasteiger partial charge in [0.15, 0.2) is 5.16 Å². The maximum absolute atomic E-state index is 13.8. The number of para-hydroxylation sites is 1. The zero-order valence-corrected chi connectivity index (χ0v) is 18.7. The SMILES string of the molecule is COc1cccc(-n2c(Cc3cc(=O)[nH]c(=O)[nH]3)nnc2SCC(=O)Nc2ccccc2F)c1. The Balaban J connectivity index is 1.62. The number of ether oxygens (including phenoxy) is 1. The number of hydrogen-bond donors (Lipinski definition) is 3. The summed E-state index contributed by atoms with van der Waals surface area (Å²) in [6, 6.07) is 14.3. The highest BCUT2D eigenvalue weighted by molar-refractivity contribution is 7.99. The molecule has 10 nitrogen and oxygen atoms in total. The number of amides is 1. The predicted molar refractivity (Wildman–Crippen MR) is 124 cm³/mol. The summed E-state index contributed by atoms with van der Waals surface area (Å²) >= 11 is 1.10. The fourth-order valence-corrected chi connectivity index (χ4v) is 3.95. The molecule has 0 bridgehead atoms. The van der Waals surface area contributed by atoms with E-state index >= 15 is 0 Å². The maximum atomic E-state index is 13.8. The molecule has 4 aromatic rings. The van der Waals surface area contributed by atoms with Gasteiger partial charge in [0.2, 0.25) is 5.91 Å². The lowest BCUT2D eigenvalue weighted by Gasteiger charge is -2.12. The summed E-state index contributed by atoms with van der Waals surface area (Å²) in [6.07, 6.45) is 0.103. The number of halogens is 1. The molecular weight excluding hydrogens is 463 g/mol. The van der Waals surface area contributed by atoms with E-state index in [0.717, 1.165) is 11.8 Å². The van der Waals surface area contributed by atoms with Crippen molar-refractivity contribution in [1.29, 1.82) is 0 Å². The van der Waals surface area contributed by atoms with Gasteiger partial charge in [0.25, 0.3) is 5.56 Å². The number of carbonyl (C=O) groups is 1. The lowest BCUT2D eigenvalue weighted by Crippen LogP contribution is -2.23. The molecule has 2 aromatic carbocycles. The van der Waals surface area contributed by atoms with Crippen LogP contribution in [0.15, 0.2) is 69.3 Å². The van der Waals surface area contributed by atoms with Gasteiger partial charge >= 0.3 is 5.69 Å². The van der Waals surface area contributed by atoms with E-state index in [2.05, 4.69) is 25.5 Å². The molecule has 1 amide bonds. The Bertz CT molecular complexity index is 1420. The highest BCUT2D eigenvalue weighted by atomic mass is 32.2. The van der Waals surface area contributed by atoms with Crippen LogP contribution in [-0.2, 0) is 11.2 Å². The molecule has 0 aliphatic carbocycles. The van der Waals surface area contributed by atoms with E-state index in [1.807, 2.05) is 0 Å². The number of aromatic nitrogens is 5. The fraction of sp³-hybridized carbons (Fsp3) is 0.136. The molecule has 3 N–H and O–H groups in total. The van der Waals surface area contributed by atoms with Gasteiger partial charge in [-0.25, -0.2) is 9.18 Å². The van der Waals surface area contributed by atoms with Crippen molar-refractivity contribution in [3.63, 3.8) is 0 Å². The van der Waals surface area contributed by atoms with Crippen molar-refractivity contribution in [2.75, 3.05) is 18.2 Å². The van der Waals surface area contributed by atoms with Crippen LogP contribution in [0, 0.1) is 5.82 Å². The lowest BCUT2D eigenvalue weighted by atomic mass is 10.2. The van der Waals surface area contributed by atoms with Gasteiger partial charge in [-0.3, -0.25) is 19.1 Å². The summed E-state index contributed by atoms with van der Waals surface area (Å²) in [5.74, 6) is 0.00455. The quantitative estimate of drug-likeness (QED) is 0.328. The molecule has 12 heteroatoms. The molecule has 174 valence electrons. The normalized spacial score (nSPS) is 10.8. The Morgan fingerprint density at radius 3 is 2.71 bits per heavy atom. The molecule has 0 radical (unpaired) electrons. The van der Waals surface area contributed by atoms with Crippen LogP contribution in [0.5, 0.6) is 5.75 Å². The predicted octanol–water partition coefficient (Wildman–Crippen LogP) is 2.11. The van der Waals surface area contributed by atoms with E-state index in [1.54, 1.807) is 34.9 Å². The number of benzene rings is 2. The third-order valence-corrected chi connectivity index (χ3v) is 5.59. The van der Waals surface area contributed by atoms with Crippen LogP contribution in [0.1, 0.15) is 11.5 Å². The van der Waals surface area contributed by atoms with Crippen molar-refractivity contribution in [3.8, 4) is 11.4 Å². The number of nitrogens with zero attached hydrogens (tertiary/aromatic N) is 3. The van der Waals surface area contributed by atoms with Crippen molar-refractivity contribution in [2.24, 2.45) is 0 Å². The summed E-state index contributed by atoms with van der Waals surface area (Å²) in [5, 5.41) is 11.3. The van der Waals surface area contributed by atoms with Crippen LogP contribution < -0.4 is 21.3 Å². The molecule has 0 aliphatic heterocycles. The number of anilines is 1. The number of nitrogens with one attached hydrogen (secondary N) is 3. The Labute approximate surface area is 196 Å². The second-order valence-electron chi connectivity index (χ2n) is 7.04. The largest absolute Gasteiger partial charge is 0.497 e. The van der Waals surface area contributed by atoms with Crippen molar-refractivity contribution >= 4 is 23.4 Å². The Hall–Kier alpha value is -4.19. The van der Waals surface area contributed by atoms with Crippen LogP contribution in [-0.4, -0.2) is 43.5 Å². The van der Waals surface area contributed by atoms with Crippen molar-refractivity contribution in [2.45, 2.75) is 11.6 Å². The monoisotopic (exact) mass is 482 g/mol. The molecule has 0 unspecified atom stereocenters. The van der Waals surface area contributed by atoms with E-state index in [4.69, 9.17) is 4.74 Å². The molecule has 34 heavy (non-hydrogen) atoms. The minimum atomic E-state index is -0.630. The van der Waals surface area contributed by atoms with E-state index in [-0.39, 0.29) is 17.9 Å². The van der Waals surface area contributed by atoms with Gasteiger partial charge in [0.05, 0.1) is 24.2 Å². The van der Waals surface area contributed by atoms with Crippen LogP contribution in [0.25, 0.3) is 5.69 Å². The van der Waals surface area contributed by atoms with Crippen molar-refractivity contribution in [1.82, 2.24) is 24.7 Å². The van der Waals surface area contributed by atoms with E-state index in [1.165, 1.54) is 31.4 Å². The van der Waals surface area contributed by atoms with E-state index in [9.17, 15) is 18.8 Å². The fourth-order valence-electron chi connectivity index (χ4n) is 3.18. The standard InChI is InChI=1S/C22H19FN6O4S/c1-33-15-6-4-5-14(11-15)29-18(9-13-10-19(30)26-21(32)24-13)27-28-22(29)34-12-20(31)25-17-8-3-2-7-16(17)23/h2-8,10-11H,9,12H2,1H3,(H,25,31)(H2,24,26,30,32). The van der Waals surface area contributed by atoms with Crippen LogP contribution in [0.3, 0.4) is 0 Å². The number of carbonyl (C=O) groups excluding carboxylic acids is 1. The molecule has 0 atom stereocenters. The van der Waals surface area contributed by atoms with Crippen LogP contribution in [0.2, 0.25) is 0 Å². The van der Waals surface area contributed by atoms with Gasteiger partial charge in [0.1, 0.15) is 17.4 Å². The number of thioether (sulfide) groups is 1. The first-order chi connectivity index (χ1) is 16.4. The van der Waals surface area contributed by atoms with Gasteiger partial charge in [-0.2, -0.15) is 0 Å². The van der Waals surface area contributed by atoms with Crippen LogP contribution >= 0.6 is 11.8 Å². The highest BCUT2D eigenvalue weighted by Gasteiger charge is 2.18. The molecule has 0 fully saturated rings. The lowest BCUT2D eigenvalue weighted by molar-refractivity contribution is -0.113. The summed E-state index contributed by atoms with van der Waals surface area (Å²) in [7, 11) is 1.54. The Morgan fingerprint density at radius 1 is 1.12 bits per heavy atom. The first-order valence-electron chi connectivity index (χ1n) is 10.0. The smallest absolute Gasteiger partial charge is 0.325 e. The second-order valence-corrected chi connectivity index (χ2v) is 7.98. The zero-order valence-electron chi connectivity index (χ0n) is 17.9. The molecule has 0 saturated carbocycles. The van der Waals surface area contributed by atoms with E-state index < -0.39 is 23.0 Å². The number of hydrogen-bond acceptors (Lipinski definition) is 7. The average Bonchev–Trinajstić information content (AvgIpc) is 3.21. The van der Waals surface area contributed by atoms with Gasteiger partial charge in [-0.1, -0.05) is 30.0 Å². The average molecular weight is 482 g/mol. The number of rotatable bonds is 8. The first kappa shape index (κ1) is 23.0. The minimum absolute atomic E-state index is 0.0573. The highest BCUT2D eigenvalue weighted by Crippen LogP contribution is 2.26. The van der Waals surface area contributed by atoms with E-state index in [0.29, 0.717) is 28.1 Å². The van der Waals surface area contributed by atoms with Gasteiger partial charge in [0, 0.05) is 24.2 Å². The summed E-state index contributed by atoms with van der Waals surface area (Å²) in [6.45, 7) is 0. The third kappa shape index (κ3) is 5.41. The minimum Gasteiger partial charge on any atom is -0.497 e. The maximum Gasteiger partial charge on any atom is 0.325 e. The Kier molecular flexibility index (Phi) is 6.87. The number of methoxy groups -OCH3 is 1. The van der Waals surface area contributed by atoms with Gasteiger partial charge < -0.3 is 15.0 Å². The molecular formula is C22H19FN6O4S. The summed E-state index contributed by atoms with van der Waals surface area (Å²) in [4.78, 5) is 40.4. The Morgan fingerprint density at radius 2 is 1.94 bits per heavy atom. The van der Waals surface area contributed by atoms with Gasteiger partial charge in [-0.05, 0) is 24.3 Å². The van der Waals surface area contributed by atoms with Gasteiger partial charge in [-0.15, -0.1) is 10.2 Å². The van der Waals surface area contributed by atoms with Crippen LogP contribution in [0.4, 0.5) is 10.1 Å². The third-order valence-electron chi connectivity index (χ3n) is 4.66. The molecule has 2 aromatic heterocycles. The molecule has 2 heterocycles. The summed E-state index contributed by atoms with van der Waals surface area (Å²) in [5.41, 5.74) is -0.0797. The molecule has 0 spiro atoms. The second kappa shape index (κ2) is 10.2. The summed E-state index contributed by atoms with van der Waals surface area (Å²) < 4.78 is 20.8. The first-order valence-corrected chi connectivity index (χ1v) is 11.0. The van der Waals surface area contributed by atoms with Crippen molar-refractivity contribution in [3.05, 3.63) is 92.8 Å².